The maximum atomic E-state index is 5.94. The predicted octanol–water partition coefficient (Wildman–Crippen LogP) is 4.16. The molecule has 0 amide bonds. The van der Waals surface area contributed by atoms with Gasteiger partial charge in [-0.3, -0.25) is 0 Å². The van der Waals surface area contributed by atoms with Gasteiger partial charge in [0.1, 0.15) is 10.3 Å². The fourth-order valence-electron chi connectivity index (χ4n) is 1.25. The van der Waals surface area contributed by atoms with Crippen LogP contribution >= 0.6 is 39.1 Å². The maximum Gasteiger partial charge on any atom is 0.112 e. The van der Waals surface area contributed by atoms with Gasteiger partial charge in [-0.15, -0.1) is 0 Å². The molecule has 0 bridgehead atoms. The number of aromatic nitrogens is 2. The Kier molecular flexibility index (Phi) is 3.05. The number of halogens is 3. The molecular formula is C10H7BrCl2N2. The molecular weight excluding hydrogens is 299 g/mol. The molecule has 2 nitrogen and oxygen atoms in total. The molecule has 5 heteroatoms. The summed E-state index contributed by atoms with van der Waals surface area (Å²) in [6, 6.07) is 5.46. The van der Waals surface area contributed by atoms with Crippen molar-refractivity contribution in [2.45, 2.75) is 0 Å². The standard InChI is InChI=1S/C10H7BrCl2N2/c1-15-5-14-9(10(15)11)6-2-3-7(12)8(13)4-6/h2-5H,1H3. The quantitative estimate of drug-likeness (QED) is 0.773. The van der Waals surface area contributed by atoms with Gasteiger partial charge in [-0.05, 0) is 28.1 Å². The second kappa shape index (κ2) is 4.16. The second-order valence-corrected chi connectivity index (χ2v) is 4.69. The van der Waals surface area contributed by atoms with E-state index in [0.29, 0.717) is 10.0 Å². The number of aryl methyl sites for hydroxylation is 1. The first-order valence-electron chi connectivity index (χ1n) is 4.22. The van der Waals surface area contributed by atoms with Crippen LogP contribution in [0, 0.1) is 0 Å². The molecule has 0 unspecified atom stereocenters. The van der Waals surface area contributed by atoms with Crippen LogP contribution in [-0.4, -0.2) is 9.55 Å². The van der Waals surface area contributed by atoms with Gasteiger partial charge in [0.15, 0.2) is 0 Å². The fourth-order valence-corrected chi connectivity index (χ4v) is 1.97. The zero-order valence-corrected chi connectivity index (χ0v) is 10.9. The molecule has 1 aromatic carbocycles. The van der Waals surface area contributed by atoms with Crippen molar-refractivity contribution >= 4 is 39.1 Å². The first-order chi connectivity index (χ1) is 7.09. The van der Waals surface area contributed by atoms with Gasteiger partial charge < -0.3 is 4.57 Å². The minimum atomic E-state index is 0.534. The van der Waals surface area contributed by atoms with Crippen LogP contribution < -0.4 is 0 Å². The lowest BCUT2D eigenvalue weighted by molar-refractivity contribution is 0.891. The molecule has 0 N–H and O–H groups in total. The van der Waals surface area contributed by atoms with Gasteiger partial charge in [0.25, 0.3) is 0 Å². The molecule has 0 radical (unpaired) electrons. The van der Waals surface area contributed by atoms with Crippen molar-refractivity contribution < 1.29 is 0 Å². The van der Waals surface area contributed by atoms with Crippen molar-refractivity contribution in [2.24, 2.45) is 7.05 Å². The number of nitrogens with zero attached hydrogens (tertiary/aromatic N) is 2. The van der Waals surface area contributed by atoms with E-state index in [1.54, 1.807) is 18.5 Å². The lowest BCUT2D eigenvalue weighted by Crippen LogP contribution is -1.84. The summed E-state index contributed by atoms with van der Waals surface area (Å²) in [4.78, 5) is 4.27. The van der Waals surface area contributed by atoms with E-state index in [1.807, 2.05) is 17.7 Å². The normalized spacial score (nSPS) is 10.7. The van der Waals surface area contributed by atoms with E-state index < -0.39 is 0 Å². The topological polar surface area (TPSA) is 17.8 Å². The molecule has 0 spiro atoms. The molecule has 0 fully saturated rings. The minimum absolute atomic E-state index is 0.534. The van der Waals surface area contributed by atoms with E-state index in [1.165, 1.54) is 0 Å². The molecule has 2 rings (SSSR count). The summed E-state index contributed by atoms with van der Waals surface area (Å²) < 4.78 is 2.80. The molecule has 0 aliphatic heterocycles. The smallest absolute Gasteiger partial charge is 0.112 e. The average molecular weight is 306 g/mol. The number of hydrogen-bond acceptors (Lipinski definition) is 1. The zero-order chi connectivity index (χ0) is 11.0. The van der Waals surface area contributed by atoms with Crippen LogP contribution in [0.15, 0.2) is 29.1 Å². The van der Waals surface area contributed by atoms with Crippen LogP contribution in [0.25, 0.3) is 11.3 Å². The zero-order valence-electron chi connectivity index (χ0n) is 7.84. The number of rotatable bonds is 1. The van der Waals surface area contributed by atoms with Crippen molar-refractivity contribution in [3.8, 4) is 11.3 Å². The summed E-state index contributed by atoms with van der Waals surface area (Å²) in [7, 11) is 1.91. The Morgan fingerprint density at radius 1 is 1.27 bits per heavy atom. The van der Waals surface area contributed by atoms with Gasteiger partial charge in [-0.1, -0.05) is 29.3 Å². The van der Waals surface area contributed by atoms with Crippen LogP contribution in [0.5, 0.6) is 0 Å². The van der Waals surface area contributed by atoms with E-state index in [0.717, 1.165) is 15.9 Å². The Labute approximate surface area is 106 Å². The number of imidazole rings is 1. The monoisotopic (exact) mass is 304 g/mol. The van der Waals surface area contributed by atoms with Gasteiger partial charge in [-0.25, -0.2) is 4.98 Å². The first kappa shape index (κ1) is 11.0. The SMILES string of the molecule is Cn1cnc(-c2ccc(Cl)c(Cl)c2)c1Br. The Bertz CT molecular complexity index is 508. The van der Waals surface area contributed by atoms with E-state index in [4.69, 9.17) is 23.2 Å². The van der Waals surface area contributed by atoms with Crippen molar-refractivity contribution in [3.05, 3.63) is 39.2 Å². The Morgan fingerprint density at radius 3 is 2.53 bits per heavy atom. The molecule has 15 heavy (non-hydrogen) atoms. The Hall–Kier alpha value is -0.510. The maximum absolute atomic E-state index is 5.94. The van der Waals surface area contributed by atoms with E-state index in [-0.39, 0.29) is 0 Å². The summed E-state index contributed by atoms with van der Waals surface area (Å²) in [5, 5.41) is 1.08. The molecule has 0 aliphatic rings. The van der Waals surface area contributed by atoms with Gasteiger partial charge in [0.2, 0.25) is 0 Å². The molecule has 1 heterocycles. The van der Waals surface area contributed by atoms with Crippen LogP contribution in [0.3, 0.4) is 0 Å². The van der Waals surface area contributed by atoms with Crippen molar-refractivity contribution in [1.82, 2.24) is 9.55 Å². The highest BCUT2D eigenvalue weighted by Crippen LogP contribution is 2.31. The molecule has 0 saturated heterocycles. The molecule has 0 aliphatic carbocycles. The summed E-state index contributed by atoms with van der Waals surface area (Å²) >= 11 is 15.2. The van der Waals surface area contributed by atoms with Crippen LogP contribution in [0.4, 0.5) is 0 Å². The van der Waals surface area contributed by atoms with Crippen LogP contribution in [-0.2, 0) is 7.05 Å². The third-order valence-electron chi connectivity index (χ3n) is 2.06. The minimum Gasteiger partial charge on any atom is -0.328 e. The van der Waals surface area contributed by atoms with Crippen molar-refractivity contribution in [1.29, 1.82) is 0 Å². The molecule has 1 aromatic heterocycles. The highest BCUT2D eigenvalue weighted by atomic mass is 79.9. The average Bonchev–Trinajstić information content (AvgIpc) is 2.53. The van der Waals surface area contributed by atoms with E-state index in [9.17, 15) is 0 Å². The van der Waals surface area contributed by atoms with Crippen molar-refractivity contribution in [3.63, 3.8) is 0 Å². The van der Waals surface area contributed by atoms with Crippen LogP contribution in [0.2, 0.25) is 10.0 Å². The largest absolute Gasteiger partial charge is 0.328 e. The first-order valence-corrected chi connectivity index (χ1v) is 5.76. The Morgan fingerprint density at radius 2 is 2.00 bits per heavy atom. The summed E-state index contributed by atoms with van der Waals surface area (Å²) in [6.45, 7) is 0. The van der Waals surface area contributed by atoms with Gasteiger partial charge in [0.05, 0.1) is 16.4 Å². The van der Waals surface area contributed by atoms with Crippen molar-refractivity contribution in [2.75, 3.05) is 0 Å². The molecule has 2 aromatic rings. The predicted molar refractivity (Wildman–Crippen MR) is 66.4 cm³/mol. The number of hydrogen-bond donors (Lipinski definition) is 0. The Balaban J connectivity index is 2.55. The third kappa shape index (κ3) is 2.05. The lowest BCUT2D eigenvalue weighted by atomic mass is 10.2. The summed E-state index contributed by atoms with van der Waals surface area (Å²) in [5.74, 6) is 0. The van der Waals surface area contributed by atoms with E-state index >= 15 is 0 Å². The summed E-state index contributed by atoms with van der Waals surface area (Å²) in [6.07, 6.45) is 1.74. The second-order valence-electron chi connectivity index (χ2n) is 3.12. The third-order valence-corrected chi connectivity index (χ3v) is 3.73. The number of benzene rings is 1. The van der Waals surface area contributed by atoms with Gasteiger partial charge in [-0.2, -0.15) is 0 Å². The highest BCUT2D eigenvalue weighted by molar-refractivity contribution is 9.10. The molecule has 0 atom stereocenters. The molecule has 78 valence electrons. The van der Waals surface area contributed by atoms with Crippen LogP contribution in [0.1, 0.15) is 0 Å². The highest BCUT2D eigenvalue weighted by Gasteiger charge is 2.09. The van der Waals surface area contributed by atoms with E-state index in [2.05, 4.69) is 20.9 Å². The molecule has 0 saturated carbocycles. The summed E-state index contributed by atoms with van der Waals surface area (Å²) in [5.41, 5.74) is 1.80. The fraction of sp³-hybridized carbons (Fsp3) is 0.100. The van der Waals surface area contributed by atoms with Gasteiger partial charge >= 0.3 is 0 Å². The lowest BCUT2D eigenvalue weighted by Gasteiger charge is -2.01. The van der Waals surface area contributed by atoms with Gasteiger partial charge in [0, 0.05) is 12.6 Å².